The highest BCUT2D eigenvalue weighted by molar-refractivity contribution is 5.87. The van der Waals surface area contributed by atoms with Crippen LogP contribution in [0.5, 0.6) is 5.88 Å². The van der Waals surface area contributed by atoms with Crippen molar-refractivity contribution in [1.82, 2.24) is 34.3 Å². The fourth-order valence-corrected chi connectivity index (χ4v) is 5.36. The maximum Gasteiger partial charge on any atom is 0.421 e. The highest BCUT2D eigenvalue weighted by Crippen LogP contribution is 2.38. The fraction of sp³-hybridized carbons (Fsp3) is 0.538. The van der Waals surface area contributed by atoms with Gasteiger partial charge in [-0.2, -0.15) is 23.4 Å². The summed E-state index contributed by atoms with van der Waals surface area (Å²) in [7, 11) is 3.64. The van der Waals surface area contributed by atoms with Gasteiger partial charge in [0.1, 0.15) is 22.8 Å². The van der Waals surface area contributed by atoms with Crippen molar-refractivity contribution in [2.75, 3.05) is 33.3 Å². The average molecular weight is 543 g/mol. The number of imidazole rings is 1. The third-order valence-electron chi connectivity index (χ3n) is 7.59. The van der Waals surface area contributed by atoms with E-state index in [9.17, 15) is 23.2 Å². The zero-order valence-corrected chi connectivity index (χ0v) is 21.8. The van der Waals surface area contributed by atoms with Gasteiger partial charge in [0.15, 0.2) is 5.65 Å². The lowest BCUT2D eigenvalue weighted by Gasteiger charge is -2.34. The normalized spacial score (nSPS) is 19.0. The highest BCUT2D eigenvalue weighted by Gasteiger charge is 2.37. The summed E-state index contributed by atoms with van der Waals surface area (Å²) < 4.78 is 49.1. The van der Waals surface area contributed by atoms with Gasteiger partial charge < -0.3 is 14.2 Å². The summed E-state index contributed by atoms with van der Waals surface area (Å²) in [4.78, 5) is 33.2. The Bertz CT molecular complexity index is 1410. The molecule has 0 N–H and O–H groups in total. The maximum absolute atomic E-state index is 14.0. The van der Waals surface area contributed by atoms with Gasteiger partial charge in [-0.3, -0.25) is 9.69 Å². The number of aromatic nitrogens is 5. The Morgan fingerprint density at radius 3 is 2.59 bits per heavy atom. The van der Waals surface area contributed by atoms with E-state index in [-0.39, 0.29) is 47.1 Å². The molecular formula is C26H29F3N8O2. The second-order valence-electron chi connectivity index (χ2n) is 10.2. The topological polar surface area (TPSA) is 113 Å². The molecule has 39 heavy (non-hydrogen) atoms. The molecule has 0 saturated carbocycles. The van der Waals surface area contributed by atoms with Gasteiger partial charge in [0, 0.05) is 31.9 Å². The standard InChI is InChI=1S/C26H29F3N8O2/c1-35-8-3-4-19(35)25(38)37-9-5-16(6-10-37)7-11-39-24-18(26(27,28)29)12-17(14-31-24)21-22-23(36(2)15-32-22)34-20(13-30)33-21/h12,14-16,19H,3-11H2,1-2H3/t19-/m0/s1. The molecule has 13 heteroatoms. The number of likely N-dealkylation sites (tertiary alicyclic amines) is 2. The second kappa shape index (κ2) is 10.8. The third-order valence-corrected chi connectivity index (χ3v) is 7.59. The lowest BCUT2D eigenvalue weighted by molar-refractivity contribution is -0.139. The monoisotopic (exact) mass is 542 g/mol. The molecule has 2 fully saturated rings. The van der Waals surface area contributed by atoms with Gasteiger partial charge in [0.2, 0.25) is 17.6 Å². The van der Waals surface area contributed by atoms with Crippen LogP contribution >= 0.6 is 0 Å². The number of carbonyl (C=O) groups is 1. The Morgan fingerprint density at radius 1 is 1.15 bits per heavy atom. The molecule has 10 nitrogen and oxygen atoms in total. The smallest absolute Gasteiger partial charge is 0.421 e. The van der Waals surface area contributed by atoms with Crippen molar-refractivity contribution in [3.63, 3.8) is 0 Å². The number of alkyl halides is 3. The van der Waals surface area contributed by atoms with Crippen molar-refractivity contribution >= 4 is 17.1 Å². The quantitative estimate of drug-likeness (QED) is 0.466. The Balaban J connectivity index is 1.25. The van der Waals surface area contributed by atoms with Crippen LogP contribution < -0.4 is 4.74 Å². The van der Waals surface area contributed by atoms with Crippen LogP contribution in [-0.4, -0.2) is 79.5 Å². The van der Waals surface area contributed by atoms with E-state index >= 15 is 0 Å². The maximum atomic E-state index is 14.0. The summed E-state index contributed by atoms with van der Waals surface area (Å²) in [5.41, 5.74) is -0.283. The Hall–Kier alpha value is -3.79. The summed E-state index contributed by atoms with van der Waals surface area (Å²) in [5, 5.41) is 9.29. The van der Waals surface area contributed by atoms with Crippen molar-refractivity contribution in [2.24, 2.45) is 13.0 Å². The molecule has 2 saturated heterocycles. The zero-order valence-electron chi connectivity index (χ0n) is 21.8. The molecule has 5 heterocycles. The third kappa shape index (κ3) is 5.52. The lowest BCUT2D eigenvalue weighted by atomic mass is 9.93. The number of likely N-dealkylation sites (N-methyl/N-ethyl adjacent to an activating group) is 1. The molecule has 1 amide bonds. The first kappa shape index (κ1) is 26.8. The minimum atomic E-state index is -4.72. The number of halogens is 3. The molecule has 3 aromatic rings. The molecule has 0 radical (unpaired) electrons. The van der Waals surface area contributed by atoms with E-state index in [1.54, 1.807) is 11.6 Å². The van der Waals surface area contributed by atoms with Crippen LogP contribution in [0.1, 0.15) is 43.5 Å². The summed E-state index contributed by atoms with van der Waals surface area (Å²) >= 11 is 0. The van der Waals surface area contributed by atoms with Crippen molar-refractivity contribution in [3.8, 4) is 23.2 Å². The molecule has 0 aliphatic carbocycles. The number of hydrogen-bond acceptors (Lipinski definition) is 8. The van der Waals surface area contributed by atoms with Gasteiger partial charge in [-0.15, -0.1) is 0 Å². The van der Waals surface area contributed by atoms with Crippen LogP contribution in [0, 0.1) is 17.2 Å². The first-order valence-electron chi connectivity index (χ1n) is 12.9. The summed E-state index contributed by atoms with van der Waals surface area (Å²) in [5.74, 6) is -0.253. The van der Waals surface area contributed by atoms with Gasteiger partial charge in [-0.05, 0) is 57.7 Å². The zero-order chi connectivity index (χ0) is 27.7. The summed E-state index contributed by atoms with van der Waals surface area (Å²) in [6.07, 6.45) is 2.05. The molecule has 2 aliphatic heterocycles. The van der Waals surface area contributed by atoms with Gasteiger partial charge in [-0.25, -0.2) is 15.0 Å². The highest BCUT2D eigenvalue weighted by atomic mass is 19.4. The van der Waals surface area contributed by atoms with Crippen molar-refractivity contribution < 1.29 is 22.7 Å². The second-order valence-corrected chi connectivity index (χ2v) is 10.2. The molecule has 0 bridgehead atoms. The number of aryl methyl sites for hydroxylation is 1. The van der Waals surface area contributed by atoms with Crippen molar-refractivity contribution in [2.45, 2.75) is 44.3 Å². The molecule has 0 aromatic carbocycles. The molecular weight excluding hydrogens is 513 g/mol. The minimum absolute atomic E-state index is 0.0395. The number of ether oxygens (including phenoxy) is 1. The first-order valence-corrected chi connectivity index (χ1v) is 12.9. The number of carbonyl (C=O) groups excluding carboxylic acids is 1. The van der Waals surface area contributed by atoms with Crippen molar-refractivity contribution in [1.29, 1.82) is 5.26 Å². The first-order chi connectivity index (χ1) is 18.7. The number of hydrogen-bond donors (Lipinski definition) is 0. The predicted octanol–water partition coefficient (Wildman–Crippen LogP) is 3.42. The van der Waals surface area contributed by atoms with E-state index < -0.39 is 17.6 Å². The molecule has 3 aromatic heterocycles. The Morgan fingerprint density at radius 2 is 1.92 bits per heavy atom. The van der Waals surface area contributed by atoms with Crippen molar-refractivity contribution in [3.05, 3.63) is 30.0 Å². The van der Waals surface area contributed by atoms with Crippen LogP contribution in [-0.2, 0) is 18.0 Å². The fourth-order valence-electron chi connectivity index (χ4n) is 5.36. The van der Waals surface area contributed by atoms with E-state index in [1.807, 2.05) is 18.0 Å². The Kier molecular flexibility index (Phi) is 7.40. The number of fused-ring (bicyclic) bond motifs is 1. The van der Waals surface area contributed by atoms with Crippen LogP contribution in [0.4, 0.5) is 13.2 Å². The van der Waals surface area contributed by atoms with Gasteiger partial charge >= 0.3 is 6.18 Å². The SMILES string of the molecule is CN1CCC[C@H]1C(=O)N1CCC(CCOc2ncc(-c3nc(C#N)nc4c3ncn4C)cc2C(F)(F)F)CC1. The summed E-state index contributed by atoms with van der Waals surface area (Å²) in [6.45, 7) is 2.32. The number of pyridine rings is 1. The molecule has 206 valence electrons. The van der Waals surface area contributed by atoms with Crippen LogP contribution in [0.15, 0.2) is 18.6 Å². The summed E-state index contributed by atoms with van der Waals surface area (Å²) in [6, 6.07) is 2.71. The molecule has 5 rings (SSSR count). The predicted molar refractivity (Wildman–Crippen MR) is 134 cm³/mol. The van der Waals surface area contributed by atoms with Crippen LogP contribution in [0.3, 0.4) is 0 Å². The van der Waals surface area contributed by atoms with Gasteiger partial charge in [0.25, 0.3) is 0 Å². The number of amides is 1. The van der Waals surface area contributed by atoms with Crippen LogP contribution in [0.25, 0.3) is 22.4 Å². The molecule has 2 aliphatic rings. The lowest BCUT2D eigenvalue weighted by Crippen LogP contribution is -2.47. The molecule has 1 atom stereocenters. The van der Waals surface area contributed by atoms with E-state index in [1.165, 1.54) is 12.5 Å². The number of nitriles is 1. The van der Waals surface area contributed by atoms with Crippen LogP contribution in [0.2, 0.25) is 0 Å². The van der Waals surface area contributed by atoms with Gasteiger partial charge in [-0.1, -0.05) is 0 Å². The van der Waals surface area contributed by atoms with E-state index in [4.69, 9.17) is 4.74 Å². The molecule has 0 spiro atoms. The Labute approximate surface area is 223 Å². The van der Waals surface area contributed by atoms with E-state index in [2.05, 4.69) is 24.8 Å². The van der Waals surface area contributed by atoms with Gasteiger partial charge in [0.05, 0.1) is 19.0 Å². The number of nitrogens with zero attached hydrogens (tertiary/aromatic N) is 8. The average Bonchev–Trinajstić information content (AvgIpc) is 3.53. The van der Waals surface area contributed by atoms with E-state index in [0.29, 0.717) is 25.2 Å². The largest absolute Gasteiger partial charge is 0.477 e. The molecule has 0 unspecified atom stereocenters. The van der Waals surface area contributed by atoms with E-state index in [0.717, 1.165) is 38.3 Å². The number of rotatable bonds is 6. The number of piperidine rings is 1. The minimum Gasteiger partial charge on any atom is -0.477 e.